The van der Waals surface area contributed by atoms with E-state index in [0.29, 0.717) is 25.4 Å². The van der Waals surface area contributed by atoms with Crippen molar-refractivity contribution in [3.8, 4) is 0 Å². The van der Waals surface area contributed by atoms with Crippen LogP contribution in [0, 0.1) is 5.41 Å². The van der Waals surface area contributed by atoms with Gasteiger partial charge in [-0.25, -0.2) is 0 Å². The molecule has 1 rings (SSSR count). The molecule has 0 aromatic heterocycles. The number of aliphatic imine (C=N–C) groups is 1. The van der Waals surface area contributed by atoms with Gasteiger partial charge in [0.2, 0.25) is 0 Å². The van der Waals surface area contributed by atoms with Crippen molar-refractivity contribution in [1.82, 2.24) is 10.6 Å². The molecule has 0 aromatic carbocycles. The second-order valence-electron chi connectivity index (χ2n) is 6.92. The fourth-order valence-electron chi connectivity index (χ4n) is 2.77. The third-order valence-corrected chi connectivity index (χ3v) is 4.72. The maximum atomic E-state index is 6.00. The van der Waals surface area contributed by atoms with Gasteiger partial charge in [-0.2, -0.15) is 0 Å². The third kappa shape index (κ3) is 8.88. The Bertz CT molecular complexity index is 367. The maximum absolute atomic E-state index is 6.00. The first-order chi connectivity index (χ1) is 11.6. The van der Waals surface area contributed by atoms with Crippen LogP contribution in [0.5, 0.6) is 0 Å². The average Bonchev–Trinajstić information content (AvgIpc) is 2.57. The van der Waals surface area contributed by atoms with Gasteiger partial charge in [0.05, 0.1) is 19.3 Å². The van der Waals surface area contributed by atoms with E-state index in [2.05, 4.69) is 36.4 Å². The van der Waals surface area contributed by atoms with Crippen LogP contribution in [0.2, 0.25) is 0 Å². The maximum Gasteiger partial charge on any atom is 0.191 e. The largest absolute Gasteiger partial charge is 0.382 e. The van der Waals surface area contributed by atoms with E-state index in [9.17, 15) is 0 Å². The lowest BCUT2D eigenvalue weighted by Gasteiger charge is -2.52. The van der Waals surface area contributed by atoms with E-state index in [-0.39, 0.29) is 29.4 Å². The monoisotopic (exact) mass is 471 g/mol. The molecule has 0 saturated heterocycles. The van der Waals surface area contributed by atoms with Crippen molar-refractivity contribution in [1.29, 1.82) is 0 Å². The molecule has 25 heavy (non-hydrogen) atoms. The van der Waals surface area contributed by atoms with E-state index in [4.69, 9.17) is 14.2 Å². The number of hydrogen-bond donors (Lipinski definition) is 2. The first-order valence-electron chi connectivity index (χ1n) is 9.21. The molecule has 2 atom stereocenters. The number of guanidine groups is 1. The third-order valence-electron chi connectivity index (χ3n) is 4.72. The lowest BCUT2D eigenvalue weighted by atomic mass is 9.64. The fraction of sp³-hybridized carbons (Fsp3) is 0.944. The van der Waals surface area contributed by atoms with Crippen molar-refractivity contribution >= 4 is 29.9 Å². The summed E-state index contributed by atoms with van der Waals surface area (Å²) in [5.74, 6) is 0.858. The van der Waals surface area contributed by atoms with Crippen LogP contribution in [0.1, 0.15) is 46.5 Å². The predicted molar refractivity (Wildman–Crippen MR) is 114 cm³/mol. The Morgan fingerprint density at radius 3 is 2.52 bits per heavy atom. The van der Waals surface area contributed by atoms with Crippen LogP contribution >= 0.6 is 24.0 Å². The van der Waals surface area contributed by atoms with Crippen LogP contribution in [0.4, 0.5) is 0 Å². The van der Waals surface area contributed by atoms with Gasteiger partial charge in [-0.3, -0.25) is 4.99 Å². The molecule has 0 radical (unpaired) electrons. The molecule has 0 spiro atoms. The van der Waals surface area contributed by atoms with E-state index < -0.39 is 0 Å². The van der Waals surface area contributed by atoms with Crippen molar-refractivity contribution in [3.63, 3.8) is 0 Å². The molecule has 1 fully saturated rings. The lowest BCUT2D eigenvalue weighted by Crippen LogP contribution is -2.63. The van der Waals surface area contributed by atoms with Crippen LogP contribution < -0.4 is 10.6 Å². The summed E-state index contributed by atoms with van der Waals surface area (Å²) >= 11 is 0. The van der Waals surface area contributed by atoms with Gasteiger partial charge in [-0.05, 0) is 19.3 Å². The second-order valence-corrected chi connectivity index (χ2v) is 6.92. The predicted octanol–water partition coefficient (Wildman–Crippen LogP) is 2.81. The average molecular weight is 471 g/mol. The minimum atomic E-state index is 0. The van der Waals surface area contributed by atoms with Crippen LogP contribution in [-0.2, 0) is 14.2 Å². The summed E-state index contributed by atoms with van der Waals surface area (Å²) in [6, 6.07) is 0.397. The van der Waals surface area contributed by atoms with Crippen LogP contribution in [0.15, 0.2) is 4.99 Å². The number of nitrogens with one attached hydrogen (secondary N) is 2. The van der Waals surface area contributed by atoms with Crippen LogP contribution in [0.3, 0.4) is 0 Å². The Kier molecular flexibility index (Phi) is 13.9. The SMILES string of the molecule is CCCCOC1CC(NC(=NC)NCCCOCCOC)C1(C)C.I. The molecule has 7 heteroatoms. The number of nitrogens with zero attached hydrogens (tertiary/aromatic N) is 1. The number of rotatable bonds is 12. The van der Waals surface area contributed by atoms with Gasteiger partial charge in [0.25, 0.3) is 0 Å². The number of halogens is 1. The van der Waals surface area contributed by atoms with Crippen molar-refractivity contribution < 1.29 is 14.2 Å². The molecule has 2 unspecified atom stereocenters. The van der Waals surface area contributed by atoms with E-state index in [1.165, 1.54) is 6.42 Å². The van der Waals surface area contributed by atoms with Crippen molar-refractivity contribution in [2.45, 2.75) is 58.6 Å². The summed E-state index contributed by atoms with van der Waals surface area (Å²) in [6.45, 7) is 10.5. The summed E-state index contributed by atoms with van der Waals surface area (Å²) in [5, 5.41) is 6.87. The molecule has 6 nitrogen and oxygen atoms in total. The molecule has 1 aliphatic carbocycles. The zero-order chi connectivity index (χ0) is 17.8. The summed E-state index contributed by atoms with van der Waals surface area (Å²) < 4.78 is 16.4. The molecular formula is C18H38IN3O3. The molecule has 150 valence electrons. The van der Waals surface area contributed by atoms with Gasteiger partial charge in [0.1, 0.15) is 0 Å². The molecule has 1 aliphatic rings. The fourth-order valence-corrected chi connectivity index (χ4v) is 2.77. The summed E-state index contributed by atoms with van der Waals surface area (Å²) in [6.07, 6.45) is 4.65. The Balaban J connectivity index is 0.00000576. The quantitative estimate of drug-likeness (QED) is 0.198. The van der Waals surface area contributed by atoms with Gasteiger partial charge >= 0.3 is 0 Å². The smallest absolute Gasteiger partial charge is 0.191 e. The number of methoxy groups -OCH3 is 1. The summed E-state index contributed by atoms with van der Waals surface area (Å²) in [5.41, 5.74) is 0.134. The first kappa shape index (κ1) is 24.9. The van der Waals surface area contributed by atoms with Crippen molar-refractivity contribution in [2.24, 2.45) is 10.4 Å². The molecule has 0 heterocycles. The Hall–Kier alpha value is -0.120. The molecule has 2 N–H and O–H groups in total. The Morgan fingerprint density at radius 1 is 1.16 bits per heavy atom. The van der Waals surface area contributed by atoms with Gasteiger partial charge in [-0.15, -0.1) is 24.0 Å². The highest BCUT2D eigenvalue weighted by Gasteiger charge is 2.49. The topological polar surface area (TPSA) is 64.1 Å². The minimum Gasteiger partial charge on any atom is -0.382 e. The molecule has 0 amide bonds. The summed E-state index contributed by atoms with van der Waals surface area (Å²) in [4.78, 5) is 4.32. The van der Waals surface area contributed by atoms with Crippen LogP contribution in [0.25, 0.3) is 0 Å². The van der Waals surface area contributed by atoms with Gasteiger partial charge in [-0.1, -0.05) is 27.2 Å². The number of hydrogen-bond acceptors (Lipinski definition) is 4. The Labute approximate surface area is 170 Å². The highest BCUT2D eigenvalue weighted by molar-refractivity contribution is 14.0. The van der Waals surface area contributed by atoms with E-state index in [0.717, 1.165) is 45.0 Å². The van der Waals surface area contributed by atoms with Gasteiger partial charge in [0, 0.05) is 45.4 Å². The summed E-state index contributed by atoms with van der Waals surface area (Å²) in [7, 11) is 3.49. The molecule has 0 aliphatic heterocycles. The zero-order valence-electron chi connectivity index (χ0n) is 16.6. The first-order valence-corrected chi connectivity index (χ1v) is 9.21. The van der Waals surface area contributed by atoms with E-state index in [1.807, 2.05) is 7.05 Å². The van der Waals surface area contributed by atoms with Crippen molar-refractivity contribution in [2.75, 3.05) is 47.1 Å². The molecule has 0 bridgehead atoms. The highest BCUT2D eigenvalue weighted by atomic mass is 127. The lowest BCUT2D eigenvalue weighted by molar-refractivity contribution is -0.113. The number of ether oxygens (including phenoxy) is 3. The molecule has 1 saturated carbocycles. The number of unbranched alkanes of at least 4 members (excludes halogenated alkanes) is 1. The van der Waals surface area contributed by atoms with E-state index >= 15 is 0 Å². The standard InChI is InChI=1S/C18H37N3O3.HI/c1-6-7-11-24-16-14-15(18(16,2)3)21-17(19-4)20-9-8-10-23-13-12-22-5;/h15-16H,6-14H2,1-5H3,(H2,19,20,21);1H. The van der Waals surface area contributed by atoms with E-state index in [1.54, 1.807) is 7.11 Å². The minimum absolute atomic E-state index is 0. The normalized spacial score (nSPS) is 22.0. The van der Waals surface area contributed by atoms with Crippen LogP contribution in [-0.4, -0.2) is 65.2 Å². The highest BCUT2D eigenvalue weighted by Crippen LogP contribution is 2.42. The second kappa shape index (κ2) is 14.0. The zero-order valence-corrected chi connectivity index (χ0v) is 18.9. The molecule has 0 aromatic rings. The molecular weight excluding hydrogens is 433 g/mol. The van der Waals surface area contributed by atoms with Gasteiger partial charge < -0.3 is 24.8 Å². The Morgan fingerprint density at radius 2 is 1.92 bits per heavy atom. The van der Waals surface area contributed by atoms with Gasteiger partial charge in [0.15, 0.2) is 5.96 Å². The van der Waals surface area contributed by atoms with Crippen molar-refractivity contribution in [3.05, 3.63) is 0 Å².